The summed E-state index contributed by atoms with van der Waals surface area (Å²) in [5.74, 6) is 2.10. The van der Waals surface area contributed by atoms with Gasteiger partial charge in [0.2, 0.25) is 5.91 Å². The first-order valence-corrected chi connectivity index (χ1v) is 5.66. The first-order chi connectivity index (χ1) is 8.67. The second-order valence-corrected chi connectivity index (χ2v) is 3.92. The van der Waals surface area contributed by atoms with Crippen LogP contribution in [0, 0.1) is 6.92 Å². The van der Waals surface area contributed by atoms with E-state index in [9.17, 15) is 4.79 Å². The van der Waals surface area contributed by atoms with Crippen molar-refractivity contribution in [2.45, 2.75) is 13.3 Å². The highest BCUT2D eigenvalue weighted by molar-refractivity contribution is 5.91. The molecule has 0 fully saturated rings. The van der Waals surface area contributed by atoms with Crippen molar-refractivity contribution >= 4 is 17.4 Å². The van der Waals surface area contributed by atoms with Crippen LogP contribution >= 0.6 is 0 Å². The lowest BCUT2D eigenvalue weighted by Crippen LogP contribution is -2.14. The van der Waals surface area contributed by atoms with Gasteiger partial charge in [0.1, 0.15) is 17.3 Å². The van der Waals surface area contributed by atoms with Crippen LogP contribution in [0.2, 0.25) is 0 Å². The molecule has 0 saturated heterocycles. The molecule has 0 radical (unpaired) electrons. The number of hydrogen-bond donors (Lipinski definition) is 2. The van der Waals surface area contributed by atoms with Gasteiger partial charge < -0.3 is 15.1 Å². The number of rotatable bonds is 4. The molecule has 0 aliphatic rings. The van der Waals surface area contributed by atoms with Crippen LogP contribution in [0.25, 0.3) is 0 Å². The first kappa shape index (κ1) is 12.2. The summed E-state index contributed by atoms with van der Waals surface area (Å²) >= 11 is 0. The predicted octanol–water partition coefficient (Wildman–Crippen LogP) is 2.21. The van der Waals surface area contributed by atoms with E-state index in [1.54, 1.807) is 31.4 Å². The van der Waals surface area contributed by atoms with Crippen molar-refractivity contribution in [2.24, 2.45) is 0 Å². The van der Waals surface area contributed by atoms with Crippen molar-refractivity contribution in [1.82, 2.24) is 4.98 Å². The lowest BCUT2D eigenvalue weighted by atomic mass is 10.3. The Labute approximate surface area is 105 Å². The van der Waals surface area contributed by atoms with Crippen molar-refractivity contribution in [2.75, 3.05) is 17.7 Å². The van der Waals surface area contributed by atoms with Crippen molar-refractivity contribution < 1.29 is 9.21 Å². The molecule has 2 N–H and O–H groups in total. The highest BCUT2D eigenvalue weighted by atomic mass is 16.3. The summed E-state index contributed by atoms with van der Waals surface area (Å²) in [5.41, 5.74) is 0.669. The van der Waals surface area contributed by atoms with Crippen LogP contribution < -0.4 is 10.6 Å². The fourth-order valence-electron chi connectivity index (χ4n) is 1.56. The van der Waals surface area contributed by atoms with E-state index < -0.39 is 0 Å². The molecule has 0 atom stereocenters. The molecular formula is C13H15N3O2. The Balaban J connectivity index is 1.94. The predicted molar refractivity (Wildman–Crippen MR) is 69.6 cm³/mol. The van der Waals surface area contributed by atoms with Gasteiger partial charge in [0, 0.05) is 7.05 Å². The Bertz CT molecular complexity index is 531. The molecule has 0 unspecified atom stereocenters. The number of carbonyl (C=O) groups is 1. The Morgan fingerprint density at radius 3 is 2.72 bits per heavy atom. The fourth-order valence-corrected chi connectivity index (χ4v) is 1.56. The van der Waals surface area contributed by atoms with E-state index >= 15 is 0 Å². The Morgan fingerprint density at radius 1 is 1.33 bits per heavy atom. The minimum absolute atomic E-state index is 0.122. The smallest absolute Gasteiger partial charge is 0.232 e. The lowest BCUT2D eigenvalue weighted by molar-refractivity contribution is -0.115. The van der Waals surface area contributed by atoms with Gasteiger partial charge in [-0.3, -0.25) is 4.79 Å². The third kappa shape index (κ3) is 3.10. The van der Waals surface area contributed by atoms with Gasteiger partial charge in [0.15, 0.2) is 0 Å². The van der Waals surface area contributed by atoms with Crippen LogP contribution in [0.15, 0.2) is 34.9 Å². The topological polar surface area (TPSA) is 67.2 Å². The number of furan rings is 1. The van der Waals surface area contributed by atoms with Crippen molar-refractivity contribution in [3.05, 3.63) is 42.0 Å². The molecule has 0 saturated carbocycles. The molecule has 5 nitrogen and oxygen atoms in total. The zero-order chi connectivity index (χ0) is 13.0. The number of pyridine rings is 1. The molecule has 0 aromatic carbocycles. The molecule has 2 heterocycles. The largest absolute Gasteiger partial charge is 0.466 e. The molecule has 0 aliphatic heterocycles. The number of anilines is 2. The van der Waals surface area contributed by atoms with E-state index in [0.29, 0.717) is 11.4 Å². The zero-order valence-electron chi connectivity index (χ0n) is 10.4. The monoisotopic (exact) mass is 245 g/mol. The Kier molecular flexibility index (Phi) is 3.62. The molecule has 18 heavy (non-hydrogen) atoms. The molecular weight excluding hydrogens is 230 g/mol. The minimum atomic E-state index is -0.122. The molecule has 0 aliphatic carbocycles. The van der Waals surface area contributed by atoms with E-state index in [1.165, 1.54) is 0 Å². The van der Waals surface area contributed by atoms with Gasteiger partial charge >= 0.3 is 0 Å². The Hall–Kier alpha value is -2.30. The average Bonchev–Trinajstić information content (AvgIpc) is 2.75. The quantitative estimate of drug-likeness (QED) is 0.866. The van der Waals surface area contributed by atoms with E-state index in [1.807, 2.05) is 13.0 Å². The maximum Gasteiger partial charge on any atom is 0.232 e. The molecule has 2 aromatic heterocycles. The van der Waals surface area contributed by atoms with E-state index in [4.69, 9.17) is 4.42 Å². The van der Waals surface area contributed by atoms with Gasteiger partial charge in [-0.1, -0.05) is 0 Å². The molecule has 1 amide bonds. The summed E-state index contributed by atoms with van der Waals surface area (Å²) in [6.07, 6.45) is 1.83. The summed E-state index contributed by atoms with van der Waals surface area (Å²) in [4.78, 5) is 15.8. The van der Waals surface area contributed by atoms with Crippen LogP contribution in [0.3, 0.4) is 0 Å². The van der Waals surface area contributed by atoms with Crippen LogP contribution in [0.1, 0.15) is 11.5 Å². The van der Waals surface area contributed by atoms with E-state index in [0.717, 1.165) is 11.6 Å². The number of nitrogens with zero attached hydrogens (tertiary/aromatic N) is 1. The number of hydrogen-bond acceptors (Lipinski definition) is 4. The number of nitrogens with one attached hydrogen (secondary N) is 2. The summed E-state index contributed by atoms with van der Waals surface area (Å²) in [6.45, 7) is 1.85. The highest BCUT2D eigenvalue weighted by Gasteiger charge is 2.07. The first-order valence-electron chi connectivity index (χ1n) is 5.66. The SMILES string of the molecule is CNc1ccc(NC(=O)Cc2ccc(C)o2)cn1. The van der Waals surface area contributed by atoms with Gasteiger partial charge in [-0.15, -0.1) is 0 Å². The van der Waals surface area contributed by atoms with Gasteiger partial charge in [0.25, 0.3) is 0 Å². The normalized spacial score (nSPS) is 10.1. The summed E-state index contributed by atoms with van der Waals surface area (Å²) in [6, 6.07) is 7.24. The second kappa shape index (κ2) is 5.35. The average molecular weight is 245 g/mol. The maximum atomic E-state index is 11.7. The number of carbonyl (C=O) groups excluding carboxylic acids is 1. The van der Waals surface area contributed by atoms with Crippen molar-refractivity contribution in [1.29, 1.82) is 0 Å². The Morgan fingerprint density at radius 2 is 2.17 bits per heavy atom. The third-order valence-corrected chi connectivity index (χ3v) is 2.43. The third-order valence-electron chi connectivity index (χ3n) is 2.43. The maximum absolute atomic E-state index is 11.7. The van der Waals surface area contributed by atoms with Gasteiger partial charge in [0.05, 0.1) is 18.3 Å². The fraction of sp³-hybridized carbons (Fsp3) is 0.231. The lowest BCUT2D eigenvalue weighted by Gasteiger charge is -2.04. The van der Waals surface area contributed by atoms with Gasteiger partial charge in [-0.25, -0.2) is 4.98 Å². The second-order valence-electron chi connectivity index (χ2n) is 3.92. The standard InChI is InChI=1S/C13H15N3O2/c1-9-3-5-11(18-9)7-13(17)16-10-4-6-12(14-2)15-8-10/h3-6,8H,7H2,1-2H3,(H,14,15)(H,16,17). The molecule has 94 valence electrons. The van der Waals surface area contributed by atoms with Crippen LogP contribution in [0.5, 0.6) is 0 Å². The molecule has 2 aromatic rings. The van der Waals surface area contributed by atoms with Crippen molar-refractivity contribution in [3.63, 3.8) is 0 Å². The van der Waals surface area contributed by atoms with Crippen LogP contribution in [-0.4, -0.2) is 17.9 Å². The minimum Gasteiger partial charge on any atom is -0.466 e. The molecule has 0 bridgehead atoms. The summed E-state index contributed by atoms with van der Waals surface area (Å²) in [5, 5.41) is 5.67. The summed E-state index contributed by atoms with van der Waals surface area (Å²) < 4.78 is 5.34. The number of aryl methyl sites for hydroxylation is 1. The van der Waals surface area contributed by atoms with E-state index in [-0.39, 0.29) is 12.3 Å². The van der Waals surface area contributed by atoms with Crippen LogP contribution in [-0.2, 0) is 11.2 Å². The van der Waals surface area contributed by atoms with Gasteiger partial charge in [-0.05, 0) is 31.2 Å². The molecule has 5 heteroatoms. The van der Waals surface area contributed by atoms with Crippen molar-refractivity contribution in [3.8, 4) is 0 Å². The summed E-state index contributed by atoms with van der Waals surface area (Å²) in [7, 11) is 1.79. The molecule has 0 spiro atoms. The van der Waals surface area contributed by atoms with E-state index in [2.05, 4.69) is 15.6 Å². The van der Waals surface area contributed by atoms with Gasteiger partial charge in [-0.2, -0.15) is 0 Å². The number of aromatic nitrogens is 1. The zero-order valence-corrected chi connectivity index (χ0v) is 10.4. The van der Waals surface area contributed by atoms with Crippen LogP contribution in [0.4, 0.5) is 11.5 Å². The highest BCUT2D eigenvalue weighted by Crippen LogP contribution is 2.11. The molecule has 2 rings (SSSR count). The number of amides is 1.